The Morgan fingerprint density at radius 1 is 1.67 bits per heavy atom. The average Bonchev–Trinajstić information content (AvgIpc) is 2.18. The summed E-state index contributed by atoms with van der Waals surface area (Å²) in [6, 6.07) is 0. The molecule has 0 spiro atoms. The number of aromatic nitrogens is 2. The Bertz CT molecular complexity index is 368. The minimum Gasteiger partial charge on any atom is -0.368 e. The van der Waals surface area contributed by atoms with Crippen LogP contribution >= 0.6 is 0 Å². The van der Waals surface area contributed by atoms with Gasteiger partial charge in [0, 0.05) is 14.1 Å². The molecule has 0 aliphatic carbocycles. The van der Waals surface area contributed by atoms with Gasteiger partial charge in [0.2, 0.25) is 11.9 Å². The van der Waals surface area contributed by atoms with E-state index in [2.05, 4.69) is 15.3 Å². The smallest absolute Gasteiger partial charge is 0.241 e. The van der Waals surface area contributed by atoms with Crippen LogP contribution in [0.5, 0.6) is 0 Å². The van der Waals surface area contributed by atoms with Crippen LogP contribution in [-0.2, 0) is 4.79 Å². The molecule has 0 aromatic carbocycles. The molecule has 0 radical (unpaired) electrons. The van der Waals surface area contributed by atoms with Gasteiger partial charge < -0.3 is 16.0 Å². The van der Waals surface area contributed by atoms with E-state index in [0.717, 1.165) is 6.20 Å². The molecule has 1 heterocycles. The van der Waals surface area contributed by atoms with Crippen LogP contribution in [0.3, 0.4) is 0 Å². The SMILES string of the molecule is CN(C)C(=O)CNc1nc(N)ncc1F. The highest BCUT2D eigenvalue weighted by molar-refractivity contribution is 5.80. The number of hydrogen-bond donors (Lipinski definition) is 2. The second-order valence-electron chi connectivity index (χ2n) is 3.07. The van der Waals surface area contributed by atoms with Gasteiger partial charge in [-0.1, -0.05) is 0 Å². The molecule has 1 aromatic heterocycles. The first-order valence-corrected chi connectivity index (χ1v) is 4.22. The third-order valence-electron chi connectivity index (χ3n) is 1.67. The van der Waals surface area contributed by atoms with E-state index in [4.69, 9.17) is 5.73 Å². The van der Waals surface area contributed by atoms with Gasteiger partial charge in [-0.3, -0.25) is 4.79 Å². The molecule has 0 unspecified atom stereocenters. The number of amides is 1. The molecule has 82 valence electrons. The Hall–Kier alpha value is -1.92. The topological polar surface area (TPSA) is 84.1 Å². The average molecular weight is 213 g/mol. The van der Waals surface area contributed by atoms with Gasteiger partial charge in [-0.25, -0.2) is 9.37 Å². The van der Waals surface area contributed by atoms with Crippen molar-refractivity contribution in [1.29, 1.82) is 0 Å². The van der Waals surface area contributed by atoms with Gasteiger partial charge in [0.25, 0.3) is 0 Å². The molecule has 15 heavy (non-hydrogen) atoms. The lowest BCUT2D eigenvalue weighted by Gasteiger charge is -2.11. The van der Waals surface area contributed by atoms with Gasteiger partial charge in [0.15, 0.2) is 11.6 Å². The maximum absolute atomic E-state index is 13.1. The molecule has 0 fully saturated rings. The molecule has 1 aromatic rings. The zero-order valence-corrected chi connectivity index (χ0v) is 8.49. The van der Waals surface area contributed by atoms with Crippen molar-refractivity contribution in [3.8, 4) is 0 Å². The highest BCUT2D eigenvalue weighted by Crippen LogP contribution is 2.09. The number of nitrogens with zero attached hydrogens (tertiary/aromatic N) is 3. The summed E-state index contributed by atoms with van der Waals surface area (Å²) >= 11 is 0. The third kappa shape index (κ3) is 3.04. The van der Waals surface area contributed by atoms with E-state index in [9.17, 15) is 9.18 Å². The molecule has 3 N–H and O–H groups in total. The summed E-state index contributed by atoms with van der Waals surface area (Å²) in [5.74, 6) is -0.948. The fourth-order valence-corrected chi connectivity index (χ4v) is 0.822. The molecule has 1 amide bonds. The highest BCUT2D eigenvalue weighted by atomic mass is 19.1. The molecule has 7 heteroatoms. The molecule has 0 saturated heterocycles. The highest BCUT2D eigenvalue weighted by Gasteiger charge is 2.08. The van der Waals surface area contributed by atoms with Gasteiger partial charge in [-0.15, -0.1) is 0 Å². The number of nitrogen functional groups attached to an aromatic ring is 1. The van der Waals surface area contributed by atoms with E-state index in [-0.39, 0.29) is 24.2 Å². The van der Waals surface area contributed by atoms with Crippen molar-refractivity contribution >= 4 is 17.7 Å². The number of hydrogen-bond acceptors (Lipinski definition) is 5. The zero-order chi connectivity index (χ0) is 11.4. The minimum absolute atomic E-state index is 0.0413. The number of carbonyl (C=O) groups excluding carboxylic acids is 1. The molecule has 6 nitrogen and oxygen atoms in total. The number of likely N-dealkylation sites (N-methyl/N-ethyl adjacent to an activating group) is 1. The molecular formula is C8H12FN5O. The molecule has 0 aliphatic rings. The summed E-state index contributed by atoms with van der Waals surface area (Å²) in [5.41, 5.74) is 5.27. The van der Waals surface area contributed by atoms with Gasteiger partial charge in [0.1, 0.15) is 0 Å². The van der Waals surface area contributed by atoms with Crippen LogP contribution in [-0.4, -0.2) is 41.4 Å². The summed E-state index contributed by atoms with van der Waals surface area (Å²) in [4.78, 5) is 19.6. The van der Waals surface area contributed by atoms with Crippen molar-refractivity contribution in [2.24, 2.45) is 0 Å². The van der Waals surface area contributed by atoms with Gasteiger partial charge in [-0.2, -0.15) is 4.98 Å². The summed E-state index contributed by atoms with van der Waals surface area (Å²) in [5, 5.41) is 2.54. The Morgan fingerprint density at radius 2 is 2.33 bits per heavy atom. The predicted molar refractivity (Wildman–Crippen MR) is 53.6 cm³/mol. The first-order chi connectivity index (χ1) is 7.00. The Labute approximate surface area is 86.3 Å². The van der Waals surface area contributed by atoms with Crippen LogP contribution in [0.2, 0.25) is 0 Å². The molecule has 0 atom stereocenters. The van der Waals surface area contributed by atoms with Crippen molar-refractivity contribution in [2.45, 2.75) is 0 Å². The van der Waals surface area contributed by atoms with E-state index in [1.165, 1.54) is 4.90 Å². The van der Waals surface area contributed by atoms with E-state index in [0.29, 0.717) is 0 Å². The van der Waals surface area contributed by atoms with E-state index in [1.54, 1.807) is 14.1 Å². The van der Waals surface area contributed by atoms with E-state index in [1.807, 2.05) is 0 Å². The molecular weight excluding hydrogens is 201 g/mol. The van der Waals surface area contributed by atoms with Crippen LogP contribution in [0.25, 0.3) is 0 Å². The lowest BCUT2D eigenvalue weighted by atomic mass is 10.5. The fraction of sp³-hybridized carbons (Fsp3) is 0.375. The van der Waals surface area contributed by atoms with Crippen LogP contribution < -0.4 is 11.1 Å². The van der Waals surface area contributed by atoms with Gasteiger partial charge in [-0.05, 0) is 0 Å². The number of nitrogens with two attached hydrogens (primary N) is 1. The van der Waals surface area contributed by atoms with Crippen molar-refractivity contribution in [3.63, 3.8) is 0 Å². The van der Waals surface area contributed by atoms with Crippen molar-refractivity contribution in [3.05, 3.63) is 12.0 Å². The molecule has 1 rings (SSSR count). The predicted octanol–water partition coefficient (Wildman–Crippen LogP) is -0.302. The van der Waals surface area contributed by atoms with Crippen molar-refractivity contribution in [1.82, 2.24) is 14.9 Å². The number of carbonyl (C=O) groups is 1. The summed E-state index contributed by atoms with van der Waals surface area (Å²) in [7, 11) is 3.21. The number of anilines is 2. The summed E-state index contributed by atoms with van der Waals surface area (Å²) < 4.78 is 13.1. The quantitative estimate of drug-likeness (QED) is 0.720. The maximum atomic E-state index is 13.1. The standard InChI is InChI=1S/C8H12FN5O/c1-14(2)6(15)4-11-7-5(9)3-12-8(10)13-7/h3H,4H2,1-2H3,(H3,10,11,12,13). The molecule has 0 aliphatic heterocycles. The van der Waals surface area contributed by atoms with Crippen molar-refractivity contribution < 1.29 is 9.18 Å². The van der Waals surface area contributed by atoms with Crippen LogP contribution in [0.15, 0.2) is 6.20 Å². The third-order valence-corrected chi connectivity index (χ3v) is 1.67. The zero-order valence-electron chi connectivity index (χ0n) is 8.49. The lowest BCUT2D eigenvalue weighted by Crippen LogP contribution is -2.29. The first kappa shape index (κ1) is 11.2. The van der Waals surface area contributed by atoms with Crippen LogP contribution in [0.4, 0.5) is 16.2 Å². The van der Waals surface area contributed by atoms with Crippen LogP contribution in [0, 0.1) is 5.82 Å². The lowest BCUT2D eigenvalue weighted by molar-refractivity contribution is -0.126. The monoisotopic (exact) mass is 213 g/mol. The summed E-state index contributed by atoms with van der Waals surface area (Å²) in [6.07, 6.45) is 0.949. The second-order valence-corrected chi connectivity index (χ2v) is 3.07. The van der Waals surface area contributed by atoms with E-state index >= 15 is 0 Å². The summed E-state index contributed by atoms with van der Waals surface area (Å²) in [6.45, 7) is -0.0413. The molecule has 0 saturated carbocycles. The first-order valence-electron chi connectivity index (χ1n) is 4.22. The fourth-order valence-electron chi connectivity index (χ4n) is 0.822. The number of halogens is 1. The van der Waals surface area contributed by atoms with Crippen molar-refractivity contribution in [2.75, 3.05) is 31.7 Å². The van der Waals surface area contributed by atoms with E-state index < -0.39 is 5.82 Å². The number of rotatable bonds is 3. The van der Waals surface area contributed by atoms with Gasteiger partial charge >= 0.3 is 0 Å². The Balaban J connectivity index is 2.65. The van der Waals surface area contributed by atoms with Crippen LogP contribution in [0.1, 0.15) is 0 Å². The van der Waals surface area contributed by atoms with Gasteiger partial charge in [0.05, 0.1) is 12.7 Å². The Kier molecular flexibility index (Phi) is 3.37. The Morgan fingerprint density at radius 3 is 2.93 bits per heavy atom. The largest absolute Gasteiger partial charge is 0.368 e. The normalized spacial score (nSPS) is 9.80. The maximum Gasteiger partial charge on any atom is 0.241 e. The minimum atomic E-state index is -0.643. The second kappa shape index (κ2) is 4.54. The molecule has 0 bridgehead atoms. The number of nitrogens with one attached hydrogen (secondary N) is 1.